The summed E-state index contributed by atoms with van der Waals surface area (Å²) in [6.45, 7) is 9.74. The summed E-state index contributed by atoms with van der Waals surface area (Å²) in [4.78, 5) is 19.0. The van der Waals surface area contributed by atoms with Gasteiger partial charge in [-0.15, -0.1) is 0 Å². The van der Waals surface area contributed by atoms with E-state index in [4.69, 9.17) is 0 Å². The number of carbonyl (C=O) groups is 1. The molecule has 4 N–H and O–H groups in total. The predicted molar refractivity (Wildman–Crippen MR) is 242 cm³/mol. The molecule has 9 heteroatoms. The number of nitrogens with zero attached hydrogens (tertiary/aromatic N) is 2. The lowest BCUT2D eigenvalue weighted by atomic mass is 9.42. The highest BCUT2D eigenvalue weighted by Crippen LogP contribution is 2.77. The summed E-state index contributed by atoms with van der Waals surface area (Å²) in [5.41, 5.74) is 5.85. The molecular weight excluding hydrogens is 797 g/mol. The molecule has 61 heavy (non-hydrogen) atoms. The van der Waals surface area contributed by atoms with E-state index in [1.807, 2.05) is 40.2 Å². The number of rotatable bonds is 1. The van der Waals surface area contributed by atoms with Crippen LogP contribution in [0.2, 0.25) is 0 Å². The van der Waals surface area contributed by atoms with Crippen molar-refractivity contribution in [1.29, 1.82) is 0 Å². The Morgan fingerprint density at radius 1 is 0.820 bits per heavy atom. The molecular formula is C52H72N2O5S2. The molecule has 7 saturated carbocycles. The zero-order valence-corrected chi connectivity index (χ0v) is 38.9. The number of allylic oxidation sites excluding steroid dienone is 3. The smallest absolute Gasteiger partial charge is 0.159 e. The van der Waals surface area contributed by atoms with Gasteiger partial charge >= 0.3 is 0 Å². The fourth-order valence-electron chi connectivity index (χ4n) is 19.3. The van der Waals surface area contributed by atoms with E-state index in [1.54, 1.807) is 22.3 Å². The molecule has 0 aromatic carbocycles. The summed E-state index contributed by atoms with van der Waals surface area (Å²) in [5, 5.41) is 50.4. The van der Waals surface area contributed by atoms with Crippen LogP contribution in [-0.4, -0.2) is 71.2 Å². The summed E-state index contributed by atoms with van der Waals surface area (Å²) in [5.74, 6) is 3.30. The van der Waals surface area contributed by atoms with Crippen LogP contribution >= 0.6 is 21.6 Å². The number of hydrogen-bond acceptors (Lipinski definition) is 8. The van der Waals surface area contributed by atoms with Crippen molar-refractivity contribution in [3.63, 3.8) is 0 Å². The first-order valence-corrected chi connectivity index (χ1v) is 27.4. The first-order chi connectivity index (χ1) is 29.2. The Bertz CT molecular complexity index is 2070. The topological polar surface area (TPSA) is 116 Å². The molecule has 12 rings (SSSR count). The summed E-state index contributed by atoms with van der Waals surface area (Å²) in [6.07, 6.45) is 24.3. The van der Waals surface area contributed by atoms with Crippen LogP contribution in [0.4, 0.5) is 0 Å². The molecule has 1 aliphatic heterocycles. The van der Waals surface area contributed by atoms with E-state index in [9.17, 15) is 25.2 Å². The second kappa shape index (κ2) is 14.1. The first-order valence-electron chi connectivity index (χ1n) is 24.9. The number of ketones is 1. The van der Waals surface area contributed by atoms with E-state index in [2.05, 4.69) is 43.4 Å². The third kappa shape index (κ3) is 5.40. The zero-order valence-electron chi connectivity index (χ0n) is 37.2. The predicted octanol–water partition coefficient (Wildman–Crippen LogP) is 9.68. The van der Waals surface area contributed by atoms with Crippen molar-refractivity contribution in [2.24, 2.45) is 80.8 Å². The Kier molecular flexibility index (Phi) is 9.48. The van der Waals surface area contributed by atoms with Crippen LogP contribution in [0.1, 0.15) is 143 Å². The van der Waals surface area contributed by atoms with E-state index in [0.717, 1.165) is 49.2 Å². The van der Waals surface area contributed by atoms with Gasteiger partial charge in [-0.05, 0) is 160 Å². The number of carbonyl (C=O) groups excluding carboxylic acids is 1. The third-order valence-corrected chi connectivity index (χ3v) is 24.1. The average Bonchev–Trinajstić information content (AvgIpc) is 3.96. The monoisotopic (exact) mass is 868 g/mol. The highest BCUT2D eigenvalue weighted by molar-refractivity contribution is 8.76. The zero-order chi connectivity index (χ0) is 42.0. The molecule has 332 valence electrons. The maximum absolute atomic E-state index is 14.5. The molecule has 1 spiro atoms. The van der Waals surface area contributed by atoms with Gasteiger partial charge in [-0.1, -0.05) is 84.4 Å². The van der Waals surface area contributed by atoms with Crippen LogP contribution in [0.5, 0.6) is 0 Å². The van der Waals surface area contributed by atoms with Crippen molar-refractivity contribution in [3.05, 3.63) is 52.7 Å². The van der Waals surface area contributed by atoms with E-state index in [-0.39, 0.29) is 58.7 Å². The van der Waals surface area contributed by atoms with Gasteiger partial charge in [-0.3, -0.25) is 4.79 Å². The second-order valence-corrected chi connectivity index (χ2v) is 26.6. The van der Waals surface area contributed by atoms with Crippen molar-refractivity contribution < 1.29 is 25.2 Å². The minimum Gasteiger partial charge on any atom is -0.392 e. The number of imidazole rings is 1. The Morgan fingerprint density at radius 3 is 2.38 bits per heavy atom. The van der Waals surface area contributed by atoms with Crippen LogP contribution in [0.25, 0.3) is 0 Å². The van der Waals surface area contributed by atoms with Crippen molar-refractivity contribution in [1.82, 2.24) is 9.55 Å². The van der Waals surface area contributed by atoms with Gasteiger partial charge in [-0.2, -0.15) is 0 Å². The fraction of sp³-hybridized carbons (Fsp3) is 0.808. The minimum absolute atomic E-state index is 0.0217. The van der Waals surface area contributed by atoms with Gasteiger partial charge in [0.05, 0.1) is 30.2 Å². The van der Waals surface area contributed by atoms with Gasteiger partial charge in [0.1, 0.15) is 0 Å². The van der Waals surface area contributed by atoms with E-state index in [0.29, 0.717) is 36.0 Å². The summed E-state index contributed by atoms with van der Waals surface area (Å²) in [7, 11) is 3.88. The summed E-state index contributed by atoms with van der Waals surface area (Å²) < 4.78 is 2.35. The van der Waals surface area contributed by atoms with Crippen LogP contribution < -0.4 is 0 Å². The van der Waals surface area contributed by atoms with Gasteiger partial charge in [0.2, 0.25) is 0 Å². The Morgan fingerprint density at radius 2 is 1.59 bits per heavy atom. The second-order valence-electron chi connectivity index (χ2n) is 24.1. The standard InChI is InChI=1S/C52H72N2O5S2/c1-48(2)23-30(54-18-17-53-27-54)26-61-60-25-29-20-38-43-32(31-9-7-10-33-42(31)44(47(43)58)46(48)34-11-8-16-51(45(33)34)14-5-6-15-51)13-12-28-19-35-36(52(29,59)50(28,38)4)21-39(55)37-22-40(56)41(57)24-49(35,37)3/h17-18,21,27-32,35,37-38,40-41,43-45,47,56-59H,5-16,19-20,22-26H2,1-4H3. The maximum Gasteiger partial charge on any atom is 0.159 e. The number of aromatic nitrogens is 2. The van der Waals surface area contributed by atoms with Crippen molar-refractivity contribution in [3.8, 4) is 0 Å². The number of fused-ring (bicyclic) bond motifs is 10. The van der Waals surface area contributed by atoms with Gasteiger partial charge in [-0.25, -0.2) is 4.98 Å². The van der Waals surface area contributed by atoms with Gasteiger partial charge in [0.15, 0.2) is 5.78 Å². The van der Waals surface area contributed by atoms with E-state index >= 15 is 0 Å². The largest absolute Gasteiger partial charge is 0.392 e. The molecule has 17 unspecified atom stereocenters. The summed E-state index contributed by atoms with van der Waals surface area (Å²) in [6, 6.07) is 0.242. The number of aliphatic hydroxyl groups is 4. The lowest BCUT2D eigenvalue weighted by Gasteiger charge is -2.64. The molecule has 1 aromatic heterocycles. The lowest BCUT2D eigenvalue weighted by Crippen LogP contribution is -2.65. The lowest BCUT2D eigenvalue weighted by molar-refractivity contribution is -0.174. The SMILES string of the molecule is CC1(C)CC(n2ccnc2)CSSCC2CC3C4C(O)C5C6=C(CCCC6C4CCC4CC6C(=CC(=O)C7CC(O)C(O)CC76C)C2(O)C43C)C2C(=C51)CCCC21CCCC1. The molecule has 1 saturated heterocycles. The molecule has 11 aliphatic rings. The fourth-order valence-corrected chi connectivity index (χ4v) is 22.1. The van der Waals surface area contributed by atoms with Crippen molar-refractivity contribution in [2.45, 2.75) is 167 Å². The number of aliphatic hydroxyl groups excluding tert-OH is 3. The highest BCUT2D eigenvalue weighted by Gasteiger charge is 2.75. The molecule has 10 aliphatic carbocycles. The third-order valence-electron chi connectivity index (χ3n) is 21.6. The van der Waals surface area contributed by atoms with Crippen LogP contribution in [0.3, 0.4) is 0 Å². The summed E-state index contributed by atoms with van der Waals surface area (Å²) >= 11 is 0. The van der Waals surface area contributed by atoms with Crippen LogP contribution in [0.15, 0.2) is 52.7 Å². The van der Waals surface area contributed by atoms with Gasteiger partial charge in [0, 0.05) is 59.0 Å². The van der Waals surface area contributed by atoms with E-state index in [1.165, 1.54) is 64.2 Å². The van der Waals surface area contributed by atoms with Crippen molar-refractivity contribution >= 4 is 27.4 Å². The van der Waals surface area contributed by atoms with Gasteiger partial charge < -0.3 is 25.0 Å². The van der Waals surface area contributed by atoms with Gasteiger partial charge in [0.25, 0.3) is 0 Å². The van der Waals surface area contributed by atoms with E-state index < -0.39 is 34.7 Å². The Balaban J connectivity index is 1.06. The van der Waals surface area contributed by atoms with Crippen LogP contribution in [0, 0.1) is 80.8 Å². The molecule has 0 radical (unpaired) electrons. The number of hydrogen-bond donors (Lipinski definition) is 4. The Labute approximate surface area is 372 Å². The molecule has 8 fully saturated rings. The maximum atomic E-state index is 14.5. The Hall–Kier alpha value is -1.36. The quantitative estimate of drug-likeness (QED) is 0.163. The molecule has 4 bridgehead atoms. The highest BCUT2D eigenvalue weighted by atomic mass is 33.1. The molecule has 1 aromatic rings. The first kappa shape index (κ1) is 41.1. The van der Waals surface area contributed by atoms with Crippen molar-refractivity contribution in [2.75, 3.05) is 11.5 Å². The minimum atomic E-state index is -1.19. The van der Waals surface area contributed by atoms with Crippen LogP contribution in [-0.2, 0) is 4.79 Å². The molecule has 7 nitrogen and oxygen atoms in total. The normalized spacial score (nSPS) is 50.7. The molecule has 0 amide bonds. The molecule has 17 atom stereocenters. The molecule has 2 heterocycles. The average molecular weight is 869 g/mol.